The van der Waals surface area contributed by atoms with Gasteiger partial charge in [-0.05, 0) is 48.4 Å². The molecule has 0 saturated heterocycles. The molecule has 168 valence electrons. The van der Waals surface area contributed by atoms with Crippen LogP contribution in [0.5, 0.6) is 0 Å². The van der Waals surface area contributed by atoms with E-state index >= 15 is 0 Å². The van der Waals surface area contributed by atoms with E-state index in [0.717, 1.165) is 32.7 Å². The Balaban J connectivity index is 1.64. The maximum atomic E-state index is 13.1. The Kier molecular flexibility index (Phi) is 6.62. The van der Waals surface area contributed by atoms with Gasteiger partial charge in [0.25, 0.3) is 5.91 Å². The Morgan fingerprint density at radius 1 is 1.21 bits per heavy atom. The maximum Gasteiger partial charge on any atom is 0.283 e. The smallest absolute Gasteiger partial charge is 0.283 e. The second-order valence-corrected chi connectivity index (χ2v) is 8.41. The summed E-state index contributed by atoms with van der Waals surface area (Å²) in [5, 5.41) is 7.72. The molecule has 0 spiro atoms. The standard InChI is InChI=1S/C24H23N5O3S/c1-15-12-18(14-32-3)20-21(29-10-4-5-11-29)22(33-24(20)26-15)23(31)28-25-13-17-6-8-19(9-7-17)27-16(2)30/h4-13H,14H2,1-3H3,(H,27,30)(H,28,31)/b25-13+. The molecule has 2 N–H and O–H groups in total. The second-order valence-electron chi connectivity index (χ2n) is 7.41. The number of nitrogens with one attached hydrogen (secondary N) is 2. The molecule has 0 radical (unpaired) electrons. The number of carbonyl (C=O) groups is 2. The summed E-state index contributed by atoms with van der Waals surface area (Å²) in [6.45, 7) is 3.80. The number of carbonyl (C=O) groups excluding carboxylic acids is 2. The molecule has 0 aliphatic heterocycles. The molecule has 3 heterocycles. The van der Waals surface area contributed by atoms with Crippen molar-refractivity contribution in [3.05, 3.63) is 76.6 Å². The summed E-state index contributed by atoms with van der Waals surface area (Å²) < 4.78 is 7.31. The highest BCUT2D eigenvalue weighted by molar-refractivity contribution is 7.21. The van der Waals surface area contributed by atoms with Crippen LogP contribution in [0, 0.1) is 6.92 Å². The van der Waals surface area contributed by atoms with E-state index in [1.54, 1.807) is 37.6 Å². The zero-order valence-electron chi connectivity index (χ0n) is 18.5. The van der Waals surface area contributed by atoms with Gasteiger partial charge in [0, 0.05) is 43.2 Å². The van der Waals surface area contributed by atoms with Crippen LogP contribution in [0.3, 0.4) is 0 Å². The number of methoxy groups -OCH3 is 1. The van der Waals surface area contributed by atoms with E-state index in [0.29, 0.717) is 17.2 Å². The molecule has 0 aliphatic carbocycles. The number of fused-ring (bicyclic) bond motifs is 1. The molecule has 1 aromatic carbocycles. The predicted octanol–water partition coefficient (Wildman–Crippen LogP) is 4.26. The molecule has 33 heavy (non-hydrogen) atoms. The molecule has 9 heteroatoms. The molecule has 0 saturated carbocycles. The van der Waals surface area contributed by atoms with Crippen molar-refractivity contribution < 1.29 is 14.3 Å². The van der Waals surface area contributed by atoms with Crippen molar-refractivity contribution in [2.75, 3.05) is 12.4 Å². The van der Waals surface area contributed by atoms with E-state index in [1.807, 2.05) is 42.1 Å². The van der Waals surface area contributed by atoms with Crippen LogP contribution in [0.1, 0.15) is 33.4 Å². The van der Waals surface area contributed by atoms with E-state index in [2.05, 4.69) is 20.8 Å². The Hall–Kier alpha value is -3.82. The molecule has 0 atom stereocenters. The van der Waals surface area contributed by atoms with E-state index in [9.17, 15) is 9.59 Å². The summed E-state index contributed by atoms with van der Waals surface area (Å²) in [7, 11) is 1.65. The molecule has 2 amide bonds. The largest absolute Gasteiger partial charge is 0.380 e. The number of hydrogen-bond acceptors (Lipinski definition) is 6. The number of anilines is 1. The van der Waals surface area contributed by atoms with E-state index in [1.165, 1.54) is 18.3 Å². The summed E-state index contributed by atoms with van der Waals surface area (Å²) in [5.74, 6) is -0.460. The molecule has 8 nitrogen and oxygen atoms in total. The molecule has 3 aromatic heterocycles. The van der Waals surface area contributed by atoms with Crippen molar-refractivity contribution in [3.63, 3.8) is 0 Å². The van der Waals surface area contributed by atoms with Crippen LogP contribution < -0.4 is 10.7 Å². The number of hydrazone groups is 1. The summed E-state index contributed by atoms with van der Waals surface area (Å²) >= 11 is 1.32. The number of pyridine rings is 1. The van der Waals surface area contributed by atoms with Gasteiger partial charge in [0.05, 0.1) is 18.5 Å². The van der Waals surface area contributed by atoms with Crippen LogP contribution >= 0.6 is 11.3 Å². The monoisotopic (exact) mass is 461 g/mol. The maximum absolute atomic E-state index is 13.1. The number of benzene rings is 1. The Labute approximate surface area is 194 Å². The van der Waals surface area contributed by atoms with Crippen LogP contribution in [0.15, 0.2) is 60.0 Å². The number of thiophene rings is 1. The third-order valence-electron chi connectivity index (χ3n) is 4.83. The van der Waals surface area contributed by atoms with Crippen LogP contribution in [0.25, 0.3) is 15.9 Å². The van der Waals surface area contributed by atoms with E-state index in [4.69, 9.17) is 4.74 Å². The Morgan fingerprint density at radius 2 is 1.94 bits per heavy atom. The SMILES string of the molecule is COCc1cc(C)nc2sc(C(=O)N/N=C/c3ccc(NC(C)=O)cc3)c(-n3cccc3)c12. The van der Waals surface area contributed by atoms with Gasteiger partial charge in [-0.1, -0.05) is 12.1 Å². The highest BCUT2D eigenvalue weighted by Gasteiger charge is 2.23. The third-order valence-corrected chi connectivity index (χ3v) is 5.90. The highest BCUT2D eigenvalue weighted by atomic mass is 32.1. The lowest BCUT2D eigenvalue weighted by molar-refractivity contribution is -0.114. The summed E-state index contributed by atoms with van der Waals surface area (Å²) in [6.07, 6.45) is 5.35. The molecule has 0 fully saturated rings. The topological polar surface area (TPSA) is 97.6 Å². The lowest BCUT2D eigenvalue weighted by Gasteiger charge is -2.09. The van der Waals surface area contributed by atoms with E-state index < -0.39 is 0 Å². The van der Waals surface area contributed by atoms with Crippen LogP contribution in [-0.4, -0.2) is 34.7 Å². The van der Waals surface area contributed by atoms with Gasteiger partial charge in [0.15, 0.2) is 0 Å². The average molecular weight is 462 g/mol. The fourth-order valence-electron chi connectivity index (χ4n) is 3.52. The van der Waals surface area contributed by atoms with Crippen molar-refractivity contribution in [3.8, 4) is 5.69 Å². The van der Waals surface area contributed by atoms with Gasteiger partial charge in [0.2, 0.25) is 5.91 Å². The van der Waals surface area contributed by atoms with Crippen molar-refractivity contribution >= 4 is 45.3 Å². The number of rotatable bonds is 7. The number of aryl methyl sites for hydroxylation is 1. The number of nitrogens with zero attached hydrogens (tertiary/aromatic N) is 3. The first kappa shape index (κ1) is 22.4. The second kappa shape index (κ2) is 9.76. The number of amides is 2. The molecular formula is C24H23N5O3S. The van der Waals surface area contributed by atoms with Crippen LogP contribution in [-0.2, 0) is 16.1 Å². The fourth-order valence-corrected chi connectivity index (χ4v) is 4.68. The minimum atomic E-state index is -0.325. The first-order chi connectivity index (χ1) is 16.0. The van der Waals surface area contributed by atoms with Crippen molar-refractivity contribution in [1.82, 2.24) is 15.0 Å². The number of aromatic nitrogens is 2. The van der Waals surface area contributed by atoms with Gasteiger partial charge in [-0.2, -0.15) is 5.10 Å². The first-order valence-electron chi connectivity index (χ1n) is 10.2. The summed E-state index contributed by atoms with van der Waals surface area (Å²) in [5.41, 5.74) is 6.69. The molecule has 0 bridgehead atoms. The summed E-state index contributed by atoms with van der Waals surface area (Å²) in [4.78, 5) is 30.2. The van der Waals surface area contributed by atoms with Crippen LogP contribution in [0.4, 0.5) is 5.69 Å². The average Bonchev–Trinajstić information content (AvgIpc) is 3.42. The van der Waals surface area contributed by atoms with Gasteiger partial charge < -0.3 is 14.6 Å². The lowest BCUT2D eigenvalue weighted by Crippen LogP contribution is -2.18. The van der Waals surface area contributed by atoms with Gasteiger partial charge in [0.1, 0.15) is 9.71 Å². The minimum absolute atomic E-state index is 0.135. The molecule has 4 rings (SSSR count). The van der Waals surface area contributed by atoms with Crippen molar-refractivity contribution in [2.45, 2.75) is 20.5 Å². The Morgan fingerprint density at radius 3 is 2.61 bits per heavy atom. The lowest BCUT2D eigenvalue weighted by atomic mass is 10.1. The Bertz CT molecular complexity index is 1320. The number of hydrogen-bond donors (Lipinski definition) is 2. The third kappa shape index (κ3) is 5.00. The first-order valence-corrected chi connectivity index (χ1v) is 11.0. The summed E-state index contributed by atoms with van der Waals surface area (Å²) in [6, 6.07) is 12.9. The number of ether oxygens (including phenoxy) is 1. The normalized spacial score (nSPS) is 11.2. The molecular weight excluding hydrogens is 438 g/mol. The van der Waals surface area contributed by atoms with Gasteiger partial charge in [-0.25, -0.2) is 10.4 Å². The van der Waals surface area contributed by atoms with E-state index in [-0.39, 0.29) is 11.8 Å². The van der Waals surface area contributed by atoms with Gasteiger partial charge in [-0.15, -0.1) is 11.3 Å². The zero-order chi connectivity index (χ0) is 23.4. The quantitative estimate of drug-likeness (QED) is 0.317. The van der Waals surface area contributed by atoms with Gasteiger partial charge in [-0.3, -0.25) is 9.59 Å². The van der Waals surface area contributed by atoms with Gasteiger partial charge >= 0.3 is 0 Å². The van der Waals surface area contributed by atoms with Crippen molar-refractivity contribution in [1.29, 1.82) is 0 Å². The molecule has 4 aromatic rings. The highest BCUT2D eigenvalue weighted by Crippen LogP contribution is 2.36. The van der Waals surface area contributed by atoms with Crippen LogP contribution in [0.2, 0.25) is 0 Å². The molecule has 0 aliphatic rings. The van der Waals surface area contributed by atoms with Crippen molar-refractivity contribution in [2.24, 2.45) is 5.10 Å². The zero-order valence-corrected chi connectivity index (χ0v) is 19.3. The predicted molar refractivity (Wildman–Crippen MR) is 130 cm³/mol. The fraction of sp³-hybridized carbons (Fsp3) is 0.167. The minimum Gasteiger partial charge on any atom is -0.380 e. The molecule has 0 unspecified atom stereocenters.